The molecule has 9 heteroatoms. The van der Waals surface area contributed by atoms with Gasteiger partial charge in [0.25, 0.3) is 0 Å². The second-order valence-electron chi connectivity index (χ2n) is 6.15. The zero-order valence-corrected chi connectivity index (χ0v) is 17.7. The summed E-state index contributed by atoms with van der Waals surface area (Å²) in [7, 11) is 1.57. The largest absolute Gasteiger partial charge is 0.491 e. The van der Waals surface area contributed by atoms with Crippen LogP contribution in [0.2, 0.25) is 10.0 Å². The quantitative estimate of drug-likeness (QED) is 0.435. The second kappa shape index (κ2) is 13.1. The molecule has 2 N–H and O–H groups in total. The van der Waals surface area contributed by atoms with Crippen molar-refractivity contribution < 1.29 is 29.3 Å². The Kier molecular flexibility index (Phi) is 11.2. The molecule has 160 valence electrons. The van der Waals surface area contributed by atoms with Gasteiger partial charge in [-0.25, -0.2) is 9.59 Å². The van der Waals surface area contributed by atoms with Crippen LogP contribution in [-0.2, 0) is 9.59 Å². The maximum absolute atomic E-state index is 9.55. The molecule has 1 saturated heterocycles. The standard InChI is InChI=1S/C16H21Cl2NO2.C4H4O4/c1-3-7-19-8-4-5-13(19)6-9-21-15-11-12(17)10-14(18)16(15)20-2;5-3(6)1-2-4(7)8/h3,10-11,13H,1,4-9H2,2H3;1-2H,(H,5,6)(H,7,8). The minimum absolute atomic E-state index is 0.467. The molecule has 29 heavy (non-hydrogen) atoms. The van der Waals surface area contributed by atoms with Crippen LogP contribution in [0.25, 0.3) is 0 Å². The van der Waals surface area contributed by atoms with Crippen molar-refractivity contribution in [2.75, 3.05) is 26.8 Å². The first kappa shape index (κ1) is 24.8. The van der Waals surface area contributed by atoms with Crippen molar-refractivity contribution in [1.82, 2.24) is 4.90 Å². The predicted octanol–water partition coefficient (Wildman–Crippen LogP) is 4.13. The summed E-state index contributed by atoms with van der Waals surface area (Å²) in [4.78, 5) is 21.6. The third kappa shape index (κ3) is 9.21. The number of aliphatic carboxylic acids is 2. The molecular formula is C20H25Cl2NO6. The number of likely N-dealkylation sites (tertiary alicyclic amines) is 1. The van der Waals surface area contributed by atoms with Gasteiger partial charge in [0.1, 0.15) is 0 Å². The Morgan fingerprint density at radius 2 is 1.93 bits per heavy atom. The van der Waals surface area contributed by atoms with Gasteiger partial charge in [-0.2, -0.15) is 0 Å². The minimum atomic E-state index is -1.26. The van der Waals surface area contributed by atoms with E-state index in [2.05, 4.69) is 11.5 Å². The van der Waals surface area contributed by atoms with Crippen molar-refractivity contribution in [1.29, 1.82) is 0 Å². The van der Waals surface area contributed by atoms with Crippen LogP contribution in [-0.4, -0.2) is 59.9 Å². The highest BCUT2D eigenvalue weighted by molar-refractivity contribution is 6.35. The van der Waals surface area contributed by atoms with Gasteiger partial charge in [0.05, 0.1) is 18.7 Å². The van der Waals surface area contributed by atoms with Crippen LogP contribution in [0.15, 0.2) is 36.9 Å². The molecule has 1 aliphatic rings. The van der Waals surface area contributed by atoms with Crippen LogP contribution < -0.4 is 9.47 Å². The van der Waals surface area contributed by atoms with E-state index >= 15 is 0 Å². The van der Waals surface area contributed by atoms with E-state index in [1.165, 1.54) is 12.8 Å². The van der Waals surface area contributed by atoms with Crippen molar-refractivity contribution in [3.63, 3.8) is 0 Å². The first-order chi connectivity index (χ1) is 13.8. The Labute approximate surface area is 180 Å². The van der Waals surface area contributed by atoms with Gasteiger partial charge in [0, 0.05) is 35.8 Å². The molecular weight excluding hydrogens is 421 g/mol. The Morgan fingerprint density at radius 1 is 1.28 bits per heavy atom. The zero-order valence-electron chi connectivity index (χ0n) is 16.1. The third-order valence-corrected chi connectivity index (χ3v) is 4.62. The first-order valence-corrected chi connectivity index (χ1v) is 9.68. The minimum Gasteiger partial charge on any atom is -0.491 e. The van der Waals surface area contributed by atoms with E-state index in [0.717, 1.165) is 19.5 Å². The van der Waals surface area contributed by atoms with Gasteiger partial charge < -0.3 is 19.7 Å². The number of nitrogens with zero attached hydrogens (tertiary/aromatic N) is 1. The predicted molar refractivity (Wildman–Crippen MR) is 112 cm³/mol. The summed E-state index contributed by atoms with van der Waals surface area (Å²) < 4.78 is 11.1. The van der Waals surface area contributed by atoms with Crippen LogP contribution in [0.4, 0.5) is 0 Å². The van der Waals surface area contributed by atoms with Gasteiger partial charge in [-0.3, -0.25) is 4.90 Å². The molecule has 0 aliphatic carbocycles. The fourth-order valence-electron chi connectivity index (χ4n) is 2.92. The maximum Gasteiger partial charge on any atom is 0.328 e. The molecule has 0 amide bonds. The lowest BCUT2D eigenvalue weighted by Crippen LogP contribution is -2.30. The molecule has 0 aromatic heterocycles. The van der Waals surface area contributed by atoms with Crippen molar-refractivity contribution in [2.24, 2.45) is 0 Å². The summed E-state index contributed by atoms with van der Waals surface area (Å²) in [5, 5.41) is 16.6. The fourth-order valence-corrected chi connectivity index (χ4v) is 3.47. The Bertz CT molecular complexity index is 722. The molecule has 1 unspecified atom stereocenters. The molecule has 0 bridgehead atoms. The molecule has 2 rings (SSSR count). The highest BCUT2D eigenvalue weighted by Gasteiger charge is 2.23. The Morgan fingerprint density at radius 3 is 2.48 bits per heavy atom. The molecule has 1 aliphatic heterocycles. The number of methoxy groups -OCH3 is 1. The lowest BCUT2D eigenvalue weighted by molar-refractivity contribution is -0.134. The topological polar surface area (TPSA) is 96.3 Å². The number of carboxylic acids is 2. The fraction of sp³-hybridized carbons (Fsp3) is 0.400. The van der Waals surface area contributed by atoms with Gasteiger partial charge in [-0.15, -0.1) is 6.58 Å². The molecule has 0 spiro atoms. The highest BCUT2D eigenvalue weighted by atomic mass is 35.5. The second-order valence-corrected chi connectivity index (χ2v) is 6.99. The van der Waals surface area contributed by atoms with E-state index in [-0.39, 0.29) is 0 Å². The van der Waals surface area contributed by atoms with E-state index in [1.54, 1.807) is 19.2 Å². The number of benzene rings is 1. The summed E-state index contributed by atoms with van der Waals surface area (Å²) >= 11 is 12.1. The number of ether oxygens (including phenoxy) is 2. The van der Waals surface area contributed by atoms with E-state index in [0.29, 0.717) is 46.3 Å². The summed E-state index contributed by atoms with van der Waals surface area (Å²) in [5.41, 5.74) is 0. The average Bonchev–Trinajstić information content (AvgIpc) is 3.08. The van der Waals surface area contributed by atoms with Gasteiger partial charge in [0.15, 0.2) is 11.5 Å². The summed E-state index contributed by atoms with van der Waals surface area (Å²) in [6.45, 7) is 6.51. The van der Waals surface area contributed by atoms with Gasteiger partial charge in [0.2, 0.25) is 0 Å². The normalized spacial score (nSPS) is 16.2. The third-order valence-electron chi connectivity index (χ3n) is 4.12. The highest BCUT2D eigenvalue weighted by Crippen LogP contribution is 2.38. The number of hydrogen-bond donors (Lipinski definition) is 2. The van der Waals surface area contributed by atoms with Crippen LogP contribution in [0.3, 0.4) is 0 Å². The van der Waals surface area contributed by atoms with Crippen LogP contribution in [0, 0.1) is 0 Å². The maximum atomic E-state index is 9.55. The summed E-state index contributed by atoms with van der Waals surface area (Å²) in [5.74, 6) is -1.38. The molecule has 1 aromatic rings. The number of carbonyl (C=O) groups is 2. The van der Waals surface area contributed by atoms with Crippen LogP contribution >= 0.6 is 23.2 Å². The first-order valence-electron chi connectivity index (χ1n) is 8.93. The molecule has 7 nitrogen and oxygen atoms in total. The lowest BCUT2D eigenvalue weighted by atomic mass is 10.1. The molecule has 0 radical (unpaired) electrons. The van der Waals surface area contributed by atoms with Crippen molar-refractivity contribution in [3.8, 4) is 11.5 Å². The van der Waals surface area contributed by atoms with Crippen molar-refractivity contribution in [2.45, 2.75) is 25.3 Å². The number of halogens is 2. The monoisotopic (exact) mass is 445 g/mol. The molecule has 1 fully saturated rings. The number of carboxylic acid groups (broad SMARTS) is 2. The smallest absolute Gasteiger partial charge is 0.328 e. The Balaban J connectivity index is 0.000000447. The number of rotatable bonds is 9. The van der Waals surface area contributed by atoms with E-state index in [4.69, 9.17) is 42.9 Å². The van der Waals surface area contributed by atoms with Crippen molar-refractivity contribution in [3.05, 3.63) is 47.0 Å². The lowest BCUT2D eigenvalue weighted by Gasteiger charge is -2.23. The van der Waals surface area contributed by atoms with Gasteiger partial charge >= 0.3 is 11.9 Å². The number of hydrogen-bond acceptors (Lipinski definition) is 5. The van der Waals surface area contributed by atoms with Gasteiger partial charge in [-0.1, -0.05) is 29.3 Å². The van der Waals surface area contributed by atoms with E-state index in [9.17, 15) is 9.59 Å². The Hall–Kier alpha value is -2.22. The van der Waals surface area contributed by atoms with E-state index < -0.39 is 11.9 Å². The average molecular weight is 446 g/mol. The molecule has 1 heterocycles. The van der Waals surface area contributed by atoms with Gasteiger partial charge in [-0.05, 0) is 31.9 Å². The van der Waals surface area contributed by atoms with Crippen molar-refractivity contribution >= 4 is 35.1 Å². The summed E-state index contributed by atoms with van der Waals surface area (Å²) in [6, 6.07) is 3.95. The SMILES string of the molecule is C=CCN1CCCC1CCOc1cc(Cl)cc(Cl)c1OC.O=C(O)C=CC(=O)O. The summed E-state index contributed by atoms with van der Waals surface area (Å²) in [6.07, 6.45) is 6.50. The van der Waals surface area contributed by atoms with Crippen LogP contribution in [0.1, 0.15) is 19.3 Å². The van der Waals surface area contributed by atoms with Crippen LogP contribution in [0.5, 0.6) is 11.5 Å². The zero-order chi connectivity index (χ0) is 21.8. The van der Waals surface area contributed by atoms with E-state index in [1.807, 2.05) is 6.08 Å². The molecule has 1 aromatic carbocycles. The molecule has 1 atom stereocenters. The molecule has 0 saturated carbocycles.